The average Bonchev–Trinajstić information content (AvgIpc) is 3.21. The zero-order valence-corrected chi connectivity index (χ0v) is 18.7. The highest BCUT2D eigenvalue weighted by molar-refractivity contribution is 7.09. The number of anilines is 2. The Morgan fingerprint density at radius 3 is 2.74 bits per heavy atom. The van der Waals surface area contributed by atoms with Crippen LogP contribution in [0.1, 0.15) is 29.5 Å². The van der Waals surface area contributed by atoms with Gasteiger partial charge in [0.2, 0.25) is 5.91 Å². The molecule has 0 unspecified atom stereocenters. The zero-order valence-electron chi connectivity index (χ0n) is 17.9. The number of nitrogens with one attached hydrogen (secondary N) is 1. The van der Waals surface area contributed by atoms with Gasteiger partial charge in [0.15, 0.2) is 6.61 Å². The molecule has 4 rings (SSSR count). The number of hydrogen-bond acceptors (Lipinski definition) is 5. The van der Waals surface area contributed by atoms with Gasteiger partial charge in [-0.2, -0.15) is 0 Å². The second-order valence-corrected chi connectivity index (χ2v) is 8.59. The molecular weight excluding hydrogens is 410 g/mol. The van der Waals surface area contributed by atoms with Crippen LogP contribution in [0.2, 0.25) is 0 Å². The van der Waals surface area contributed by atoms with Crippen molar-refractivity contribution in [3.05, 3.63) is 57.9 Å². The van der Waals surface area contributed by atoms with Gasteiger partial charge in [-0.05, 0) is 56.0 Å². The summed E-state index contributed by atoms with van der Waals surface area (Å²) in [5, 5.41) is 6.07. The largest absolute Gasteiger partial charge is 0.482 e. The third kappa shape index (κ3) is 4.46. The van der Waals surface area contributed by atoms with Crippen molar-refractivity contribution in [3.63, 3.8) is 0 Å². The molecule has 1 N–H and O–H groups in total. The molecule has 0 saturated heterocycles. The molecule has 3 aromatic rings. The molecule has 0 fully saturated rings. The Hall–Kier alpha value is -3.19. The SMILES string of the molecule is CCCc1nc(-c2ccc3c(c2)N(CC(=O)Nc2c(C)cccc2C)C(=O)CO3)cs1. The molecule has 1 aliphatic heterocycles. The fourth-order valence-corrected chi connectivity index (χ4v) is 4.55. The quantitative estimate of drug-likeness (QED) is 0.607. The van der Waals surface area contributed by atoms with E-state index < -0.39 is 0 Å². The lowest BCUT2D eigenvalue weighted by Gasteiger charge is -2.29. The van der Waals surface area contributed by atoms with Gasteiger partial charge in [-0.1, -0.05) is 25.1 Å². The first-order valence-electron chi connectivity index (χ1n) is 10.3. The number of nitrogens with zero attached hydrogens (tertiary/aromatic N) is 2. The van der Waals surface area contributed by atoms with E-state index in [1.54, 1.807) is 11.3 Å². The Bertz CT molecular complexity index is 1120. The van der Waals surface area contributed by atoms with Crippen molar-refractivity contribution in [1.29, 1.82) is 0 Å². The summed E-state index contributed by atoms with van der Waals surface area (Å²) in [6, 6.07) is 11.5. The number of fused-ring (bicyclic) bond motifs is 1. The van der Waals surface area contributed by atoms with E-state index in [1.807, 2.05) is 55.6 Å². The summed E-state index contributed by atoms with van der Waals surface area (Å²) in [5.74, 6) is 0.0985. The molecule has 0 bridgehead atoms. The topological polar surface area (TPSA) is 71.5 Å². The molecule has 1 aliphatic rings. The van der Waals surface area contributed by atoms with Gasteiger partial charge < -0.3 is 10.1 Å². The van der Waals surface area contributed by atoms with Gasteiger partial charge in [-0.3, -0.25) is 14.5 Å². The fourth-order valence-electron chi connectivity index (χ4n) is 3.64. The van der Waals surface area contributed by atoms with Crippen LogP contribution >= 0.6 is 11.3 Å². The van der Waals surface area contributed by atoms with Crippen LogP contribution in [0.5, 0.6) is 5.75 Å². The zero-order chi connectivity index (χ0) is 22.0. The lowest BCUT2D eigenvalue weighted by Crippen LogP contribution is -2.43. The summed E-state index contributed by atoms with van der Waals surface area (Å²) < 4.78 is 5.60. The number of carbonyl (C=O) groups excluding carboxylic acids is 2. The Labute approximate surface area is 185 Å². The average molecular weight is 436 g/mol. The molecule has 2 heterocycles. The second kappa shape index (κ2) is 8.89. The predicted octanol–water partition coefficient (Wildman–Crippen LogP) is 4.74. The number of ether oxygens (including phenoxy) is 1. The Morgan fingerprint density at radius 2 is 2.00 bits per heavy atom. The number of aryl methyl sites for hydroxylation is 3. The minimum absolute atomic E-state index is 0.0788. The molecule has 0 spiro atoms. The van der Waals surface area contributed by atoms with Gasteiger partial charge in [-0.25, -0.2) is 4.98 Å². The standard InChI is InChI=1S/C24H25N3O3S/c1-4-6-22-25-18(14-31-22)17-9-10-20-19(11-17)27(23(29)13-30-20)12-21(28)26-24-15(2)7-5-8-16(24)3/h5,7-11,14H,4,6,12-13H2,1-3H3,(H,26,28). The molecule has 0 saturated carbocycles. The molecule has 7 heteroatoms. The molecule has 2 aromatic carbocycles. The summed E-state index contributed by atoms with van der Waals surface area (Å²) in [6.07, 6.45) is 1.99. The van der Waals surface area contributed by atoms with Gasteiger partial charge >= 0.3 is 0 Å². The number of para-hydroxylation sites is 1. The molecule has 1 aromatic heterocycles. The maximum Gasteiger partial charge on any atom is 0.265 e. The fraction of sp³-hybridized carbons (Fsp3) is 0.292. The van der Waals surface area contributed by atoms with Crippen molar-refractivity contribution < 1.29 is 14.3 Å². The van der Waals surface area contributed by atoms with E-state index in [1.165, 1.54) is 4.90 Å². The number of amides is 2. The highest BCUT2D eigenvalue weighted by Gasteiger charge is 2.28. The highest BCUT2D eigenvalue weighted by Crippen LogP contribution is 2.36. The third-order valence-electron chi connectivity index (χ3n) is 5.26. The molecule has 0 atom stereocenters. The van der Waals surface area contributed by atoms with Gasteiger partial charge in [0.05, 0.1) is 16.4 Å². The summed E-state index contributed by atoms with van der Waals surface area (Å²) in [6.45, 7) is 5.87. The first kappa shape index (κ1) is 21.1. The van der Waals surface area contributed by atoms with Crippen LogP contribution in [0.3, 0.4) is 0 Å². The van der Waals surface area contributed by atoms with E-state index in [0.29, 0.717) is 11.4 Å². The smallest absolute Gasteiger partial charge is 0.265 e. The van der Waals surface area contributed by atoms with Crippen LogP contribution in [-0.2, 0) is 16.0 Å². The van der Waals surface area contributed by atoms with Crippen molar-refractivity contribution in [3.8, 4) is 17.0 Å². The van der Waals surface area contributed by atoms with E-state index >= 15 is 0 Å². The Kier molecular flexibility index (Phi) is 6.04. The number of rotatable bonds is 6. The van der Waals surface area contributed by atoms with E-state index in [4.69, 9.17) is 9.72 Å². The minimum atomic E-state index is -0.247. The molecule has 160 valence electrons. The van der Waals surface area contributed by atoms with Crippen molar-refractivity contribution in [1.82, 2.24) is 4.98 Å². The molecule has 0 aliphatic carbocycles. The van der Waals surface area contributed by atoms with Crippen LogP contribution in [0.25, 0.3) is 11.3 Å². The van der Waals surface area contributed by atoms with Gasteiger partial charge in [0.25, 0.3) is 5.91 Å². The van der Waals surface area contributed by atoms with Crippen LogP contribution in [0, 0.1) is 13.8 Å². The number of carbonyl (C=O) groups is 2. The van der Waals surface area contributed by atoms with Crippen molar-refractivity contribution in [2.24, 2.45) is 0 Å². The van der Waals surface area contributed by atoms with Gasteiger partial charge in [0, 0.05) is 16.6 Å². The van der Waals surface area contributed by atoms with Crippen LogP contribution in [-0.4, -0.2) is 29.9 Å². The highest BCUT2D eigenvalue weighted by atomic mass is 32.1. The molecule has 31 heavy (non-hydrogen) atoms. The summed E-state index contributed by atoms with van der Waals surface area (Å²) in [5.41, 5.74) is 5.11. The first-order chi connectivity index (χ1) is 15.0. The molecule has 2 amide bonds. The lowest BCUT2D eigenvalue weighted by molar-refractivity contribution is -0.123. The summed E-state index contributed by atoms with van der Waals surface area (Å²) in [4.78, 5) is 31.6. The normalized spacial score (nSPS) is 13.0. The number of hydrogen-bond donors (Lipinski definition) is 1. The van der Waals surface area contributed by atoms with Crippen molar-refractivity contribution in [2.45, 2.75) is 33.6 Å². The van der Waals surface area contributed by atoms with Gasteiger partial charge in [-0.15, -0.1) is 11.3 Å². The molecule has 6 nitrogen and oxygen atoms in total. The summed E-state index contributed by atoms with van der Waals surface area (Å²) >= 11 is 1.64. The Balaban J connectivity index is 1.59. The van der Waals surface area contributed by atoms with Crippen LogP contribution < -0.4 is 15.0 Å². The lowest BCUT2D eigenvalue weighted by atomic mass is 10.1. The monoisotopic (exact) mass is 435 g/mol. The second-order valence-electron chi connectivity index (χ2n) is 7.64. The van der Waals surface area contributed by atoms with E-state index in [2.05, 4.69) is 12.2 Å². The van der Waals surface area contributed by atoms with E-state index in [0.717, 1.165) is 45.9 Å². The summed E-state index contributed by atoms with van der Waals surface area (Å²) in [7, 11) is 0. The van der Waals surface area contributed by atoms with E-state index in [-0.39, 0.29) is 25.0 Å². The first-order valence-corrected chi connectivity index (χ1v) is 11.2. The van der Waals surface area contributed by atoms with Crippen molar-refractivity contribution in [2.75, 3.05) is 23.4 Å². The number of aromatic nitrogens is 1. The van der Waals surface area contributed by atoms with E-state index in [9.17, 15) is 9.59 Å². The maximum absolute atomic E-state index is 12.8. The predicted molar refractivity (Wildman–Crippen MR) is 124 cm³/mol. The maximum atomic E-state index is 12.8. The third-order valence-corrected chi connectivity index (χ3v) is 6.17. The van der Waals surface area contributed by atoms with Crippen LogP contribution in [0.4, 0.5) is 11.4 Å². The van der Waals surface area contributed by atoms with Gasteiger partial charge in [0.1, 0.15) is 12.3 Å². The van der Waals surface area contributed by atoms with Crippen LogP contribution in [0.15, 0.2) is 41.8 Å². The minimum Gasteiger partial charge on any atom is -0.482 e. The Morgan fingerprint density at radius 1 is 1.23 bits per heavy atom. The molecular formula is C24H25N3O3S. The number of thiazole rings is 1. The number of benzene rings is 2. The molecule has 0 radical (unpaired) electrons. The van der Waals surface area contributed by atoms with Crippen molar-refractivity contribution >= 4 is 34.5 Å².